The van der Waals surface area contributed by atoms with E-state index in [1.165, 1.54) is 23.0 Å². The molecule has 10 N–H and O–H groups in total. The molecule has 3 rings (SSSR count). The first kappa shape index (κ1) is 60.9. The Morgan fingerprint density at radius 1 is 0.901 bits per heavy atom. The number of amides is 4. The molecule has 1 fully saturated rings. The summed E-state index contributed by atoms with van der Waals surface area (Å²) in [6.07, 6.45) is 3.08. The monoisotopic (exact) mass is 1040 g/mol. The molecule has 22 nitrogen and oxygen atoms in total. The maximum Gasteiger partial charge on any atom is 0.469 e. The number of imidazole rings is 1. The van der Waals surface area contributed by atoms with Crippen LogP contribution in [0, 0.1) is 17.8 Å². The van der Waals surface area contributed by atoms with Crippen molar-refractivity contribution in [2.24, 2.45) is 29.2 Å². The zero-order valence-corrected chi connectivity index (χ0v) is 42.6. The average molecular weight is 1040 g/mol. The number of nitrogens with zero attached hydrogens (tertiary/aromatic N) is 2. The van der Waals surface area contributed by atoms with Crippen LogP contribution >= 0.6 is 20.5 Å². The molecular formula is C47H74N7O15PS. The lowest BCUT2D eigenvalue weighted by Crippen LogP contribution is -2.52. The number of ether oxygens (including phenoxy) is 3. The molecule has 0 radical (unpaired) electrons. The zero-order chi connectivity index (χ0) is 52.5. The summed E-state index contributed by atoms with van der Waals surface area (Å²) < 4.78 is 33.4. The van der Waals surface area contributed by atoms with Crippen LogP contribution in [-0.2, 0) is 69.7 Å². The highest BCUT2D eigenvalue weighted by Crippen LogP contribution is 2.39. The Bertz CT molecular complexity index is 2030. The maximum atomic E-state index is 14.3. The summed E-state index contributed by atoms with van der Waals surface area (Å²) >= 11 is 4.04. The molecule has 2 aromatic rings. The van der Waals surface area contributed by atoms with Crippen molar-refractivity contribution in [1.29, 1.82) is 0 Å². The Labute approximate surface area is 420 Å². The van der Waals surface area contributed by atoms with Crippen molar-refractivity contribution in [3.63, 3.8) is 0 Å². The molecule has 1 aliphatic heterocycles. The number of Topliss-reactive ketones (excluding diaryl/α,β-unsaturated/α-hetero) is 3. The molecule has 2 heterocycles. The van der Waals surface area contributed by atoms with Crippen LogP contribution < -0.4 is 22.1 Å². The smallest absolute Gasteiger partial charge is 0.394 e. The van der Waals surface area contributed by atoms with Gasteiger partial charge in [-0.1, -0.05) is 44.2 Å². The molecule has 0 aliphatic carbocycles. The lowest BCUT2D eigenvalue weighted by atomic mass is 9.89. The fourth-order valence-corrected chi connectivity index (χ4v) is 8.79. The first-order valence-corrected chi connectivity index (χ1v) is 26.2. The Hall–Kier alpha value is -4.42. The lowest BCUT2D eigenvalue weighted by molar-refractivity contribution is -0.140. The number of benzene rings is 1. The van der Waals surface area contributed by atoms with E-state index in [0.29, 0.717) is 25.3 Å². The Kier molecular flexibility index (Phi) is 27.4. The highest BCUT2D eigenvalue weighted by Gasteiger charge is 2.42. The summed E-state index contributed by atoms with van der Waals surface area (Å²) in [6.45, 7) is 5.23. The number of nitrogens with one attached hydrogen (secondary N) is 3. The number of carbonyl (C=O) groups is 7. The third-order valence-corrected chi connectivity index (χ3v) is 12.9. The summed E-state index contributed by atoms with van der Waals surface area (Å²) in [4.78, 5) is 120. The summed E-state index contributed by atoms with van der Waals surface area (Å²) in [7, 11) is -5.09. The molecule has 1 aromatic heterocycles. The minimum Gasteiger partial charge on any atom is -0.394 e. The molecule has 0 unspecified atom stereocenters. The third-order valence-electron chi connectivity index (χ3n) is 11.9. The van der Waals surface area contributed by atoms with Crippen LogP contribution in [0.25, 0.3) is 0 Å². The van der Waals surface area contributed by atoms with Gasteiger partial charge in [0, 0.05) is 69.5 Å². The van der Waals surface area contributed by atoms with Crippen molar-refractivity contribution in [3.05, 3.63) is 54.1 Å². The number of nitrogens with two attached hydrogens (primary N) is 2. The number of phosphoric acid groups is 1. The molecule has 8 atom stereocenters. The predicted molar refractivity (Wildman–Crippen MR) is 262 cm³/mol. The van der Waals surface area contributed by atoms with Gasteiger partial charge in [0.2, 0.25) is 23.6 Å². The van der Waals surface area contributed by atoms with Gasteiger partial charge in [-0.15, -0.1) is 0 Å². The van der Waals surface area contributed by atoms with Crippen molar-refractivity contribution < 1.29 is 71.8 Å². The zero-order valence-electron chi connectivity index (χ0n) is 40.9. The number of H-pyrrole nitrogens is 1. The Morgan fingerprint density at radius 2 is 1.59 bits per heavy atom. The standard InChI is InChI=1S/C47H74N7O15PS/c1-30(2)20-38(42(57)22-33(21-34-25-50-29-51-34)46(61)53-39(27-55)43(58)24-36(45(49)60)31(3)69-70(63,64)65)52-47(62)40-23-35(68-16-8-7-12-32-10-5-4-6-11-32)26-54(40)44(59)14-17-67-19-18-66-15-9-13-41(56)37(48)28-71/h4-6,10-11,25,29-31,33,35-40,55,71H,7-9,12-24,26-28,48H2,1-3H3,(H2,49,60)(H,50,51)(H,52,62)(H,53,61)(H2,63,64,65)/t31-,33-,35-,36+,37+,38+,39+,40+/m1/s1. The third kappa shape index (κ3) is 22.9. The summed E-state index contributed by atoms with van der Waals surface area (Å²) in [5.74, 6) is -6.98. The van der Waals surface area contributed by atoms with E-state index in [4.69, 9.17) is 25.7 Å². The van der Waals surface area contributed by atoms with E-state index in [1.807, 2.05) is 32.0 Å². The minimum absolute atomic E-state index is 0.0418. The molecule has 1 aromatic carbocycles. The van der Waals surface area contributed by atoms with E-state index < -0.39 is 105 Å². The number of aromatic nitrogens is 2. The number of ketones is 3. The van der Waals surface area contributed by atoms with E-state index >= 15 is 0 Å². The number of hydrogen-bond donors (Lipinski definition) is 9. The van der Waals surface area contributed by atoms with Gasteiger partial charge in [0.15, 0.2) is 11.6 Å². The second-order valence-electron chi connectivity index (χ2n) is 18.1. The van der Waals surface area contributed by atoms with E-state index in [1.54, 1.807) is 0 Å². The van der Waals surface area contributed by atoms with Gasteiger partial charge in [-0.2, -0.15) is 12.6 Å². The summed E-state index contributed by atoms with van der Waals surface area (Å²) in [5.41, 5.74) is 12.8. The first-order chi connectivity index (χ1) is 33.7. The molecular weight excluding hydrogens is 966 g/mol. The fraction of sp³-hybridized carbons (Fsp3) is 0.660. The van der Waals surface area contributed by atoms with Crippen LogP contribution in [0.1, 0.15) is 89.8 Å². The van der Waals surface area contributed by atoms with Crippen molar-refractivity contribution in [1.82, 2.24) is 25.5 Å². The lowest BCUT2D eigenvalue weighted by Gasteiger charge is -2.28. The van der Waals surface area contributed by atoms with Crippen LogP contribution in [0.15, 0.2) is 42.9 Å². The van der Waals surface area contributed by atoms with E-state index in [0.717, 1.165) is 26.2 Å². The van der Waals surface area contributed by atoms with Crippen molar-refractivity contribution in [2.75, 3.05) is 51.9 Å². The normalized spacial score (nSPS) is 17.5. The number of aryl methyl sites for hydroxylation is 1. The quantitative estimate of drug-likeness (QED) is 0.0260. The Morgan fingerprint density at radius 3 is 2.21 bits per heavy atom. The number of hydrogen-bond acceptors (Lipinski definition) is 16. The van der Waals surface area contributed by atoms with Crippen LogP contribution in [0.4, 0.5) is 0 Å². The van der Waals surface area contributed by atoms with Gasteiger partial charge in [0.05, 0.1) is 75.3 Å². The molecule has 4 amide bonds. The van der Waals surface area contributed by atoms with Gasteiger partial charge in [-0.25, -0.2) is 9.55 Å². The second kappa shape index (κ2) is 31.9. The SMILES string of the molecule is CC(C)C[C@H](NC(=O)[C@@H]1C[C@@H](OCCCCc2ccccc2)CN1C(=O)CCOCCOCCCC(=O)[C@@H](N)CS)C(=O)C[C@@H](Cc1cnc[nH]1)C(=O)N[C@@H](CO)C(=O)C[C@H](C(N)=O)[C@@H](C)OP(=O)(O)O. The van der Waals surface area contributed by atoms with Gasteiger partial charge >= 0.3 is 7.82 Å². The van der Waals surface area contributed by atoms with Crippen LogP contribution in [0.5, 0.6) is 0 Å². The van der Waals surface area contributed by atoms with Crippen LogP contribution in [0.3, 0.4) is 0 Å². The van der Waals surface area contributed by atoms with Crippen LogP contribution in [0.2, 0.25) is 0 Å². The molecule has 1 saturated heterocycles. The minimum atomic E-state index is -5.09. The van der Waals surface area contributed by atoms with Crippen LogP contribution in [-0.4, -0.2) is 159 Å². The van der Waals surface area contributed by atoms with Gasteiger partial charge in [0.25, 0.3) is 0 Å². The first-order valence-electron chi connectivity index (χ1n) is 24.0. The number of aliphatic hydroxyl groups is 1. The number of likely N-dealkylation sites (tertiary alicyclic amines) is 1. The maximum absolute atomic E-state index is 14.3. The number of phosphoric ester groups is 1. The fourth-order valence-electron chi connectivity index (χ4n) is 8.01. The molecule has 0 saturated carbocycles. The molecule has 398 valence electrons. The van der Waals surface area contributed by atoms with E-state index in [2.05, 4.69) is 49.9 Å². The van der Waals surface area contributed by atoms with Crippen molar-refractivity contribution >= 4 is 61.4 Å². The summed E-state index contributed by atoms with van der Waals surface area (Å²) in [6, 6.07) is 5.70. The number of rotatable bonds is 37. The second-order valence-corrected chi connectivity index (χ2v) is 19.7. The largest absolute Gasteiger partial charge is 0.469 e. The van der Waals surface area contributed by atoms with E-state index in [-0.39, 0.29) is 81.8 Å². The number of primary amides is 1. The van der Waals surface area contributed by atoms with Crippen molar-refractivity contribution in [2.45, 2.75) is 128 Å². The average Bonchev–Trinajstić information content (AvgIpc) is 4.01. The van der Waals surface area contributed by atoms with E-state index in [9.17, 15) is 53.0 Å². The highest BCUT2D eigenvalue weighted by atomic mass is 32.1. The topological polar surface area (TPSA) is 342 Å². The molecule has 24 heteroatoms. The molecule has 1 aliphatic rings. The molecule has 71 heavy (non-hydrogen) atoms. The van der Waals surface area contributed by atoms with Gasteiger partial charge in [0.1, 0.15) is 17.9 Å². The highest BCUT2D eigenvalue weighted by molar-refractivity contribution is 7.80. The Balaban J connectivity index is 1.72. The molecule has 0 bridgehead atoms. The molecule has 0 spiro atoms. The summed E-state index contributed by atoms with van der Waals surface area (Å²) in [5, 5.41) is 15.5. The predicted octanol–water partition coefficient (Wildman–Crippen LogP) is 1.13. The number of thiol groups is 1. The number of carbonyl (C=O) groups excluding carboxylic acids is 7. The van der Waals surface area contributed by atoms with Crippen molar-refractivity contribution in [3.8, 4) is 0 Å². The van der Waals surface area contributed by atoms with Gasteiger partial charge in [-0.05, 0) is 50.5 Å². The van der Waals surface area contributed by atoms with Gasteiger partial charge in [-0.3, -0.25) is 38.1 Å². The number of aliphatic hydroxyl groups excluding tert-OH is 1. The van der Waals surface area contributed by atoms with Gasteiger partial charge < -0.3 is 61.1 Å². The number of unbranched alkanes of at least 4 members (excludes halogenated alkanes) is 1. The number of aromatic amines is 1.